The molecule has 0 fully saturated rings. The quantitative estimate of drug-likeness (QED) is 0.167. The van der Waals surface area contributed by atoms with E-state index in [2.05, 4.69) is 38.2 Å². The van der Waals surface area contributed by atoms with Gasteiger partial charge in [-0.05, 0) is 24.8 Å². The number of allylic oxidation sites excluding steroid dienone is 11. The third kappa shape index (κ3) is 18.6. The van der Waals surface area contributed by atoms with E-state index in [0.29, 0.717) is 0 Å². The van der Waals surface area contributed by atoms with Gasteiger partial charge in [-0.2, -0.15) is 0 Å². The van der Waals surface area contributed by atoms with Crippen LogP contribution in [0.25, 0.3) is 0 Å². The van der Waals surface area contributed by atoms with Crippen LogP contribution in [0.3, 0.4) is 0 Å². The minimum Gasteiger partial charge on any atom is -0.515 e. The molecule has 0 rings (SSSR count). The highest BCUT2D eigenvalue weighted by atomic mass is 16.2. The van der Waals surface area contributed by atoms with Gasteiger partial charge in [-0.25, -0.2) is 0 Å². The Kier molecular flexibility index (Phi) is 19.8. The molecule has 0 aromatic heterocycles. The Labute approximate surface area is 162 Å². The van der Waals surface area contributed by atoms with E-state index in [-0.39, 0.29) is 0 Å². The minimum absolute atomic E-state index is 0.907. The summed E-state index contributed by atoms with van der Waals surface area (Å²) in [7, 11) is 0. The number of aliphatic hydroxyl groups excluding tert-OH is 1. The van der Waals surface area contributed by atoms with Gasteiger partial charge < -0.3 is 5.11 Å². The second kappa shape index (κ2) is 21.3. The fourth-order valence-electron chi connectivity index (χ4n) is 2.61. The van der Waals surface area contributed by atoms with Crippen LogP contribution in [-0.4, -0.2) is 5.11 Å². The molecule has 0 aliphatic carbocycles. The standard InChI is InChI=1S/C25H40O/c1-3-5-6-7-8-9-10-11-12-13-14-15-16-17-18-19-20-21-23-25(24-26)22-4-2/h13-21,23-24,26H,3-12,22H2,1-2H3/b14-13+,16-15+,18-17+,20-19+,23-21+,25-24-. The van der Waals surface area contributed by atoms with Gasteiger partial charge >= 0.3 is 0 Å². The van der Waals surface area contributed by atoms with E-state index in [1.54, 1.807) is 0 Å². The summed E-state index contributed by atoms with van der Waals surface area (Å²) < 4.78 is 0. The molecular formula is C25H40O. The van der Waals surface area contributed by atoms with E-state index < -0.39 is 0 Å². The summed E-state index contributed by atoms with van der Waals surface area (Å²) in [6.45, 7) is 4.37. The molecule has 0 aromatic rings. The first kappa shape index (κ1) is 24.2. The SMILES string of the molecule is CCCCCCCCCC/C=C/C=C/C=C/C=C/C=C/C(=C\O)CCC. The predicted octanol–water partition coefficient (Wildman–Crippen LogP) is 8.54. The zero-order valence-corrected chi connectivity index (χ0v) is 17.1. The van der Waals surface area contributed by atoms with Gasteiger partial charge in [0.05, 0.1) is 6.26 Å². The fourth-order valence-corrected chi connectivity index (χ4v) is 2.61. The van der Waals surface area contributed by atoms with Crippen molar-refractivity contribution in [3.63, 3.8) is 0 Å². The highest BCUT2D eigenvalue weighted by Gasteiger charge is 1.90. The fraction of sp³-hybridized carbons (Fsp3) is 0.520. The zero-order valence-electron chi connectivity index (χ0n) is 17.1. The van der Waals surface area contributed by atoms with Crippen molar-refractivity contribution in [3.8, 4) is 0 Å². The summed E-state index contributed by atoms with van der Waals surface area (Å²) in [4.78, 5) is 0. The molecule has 0 aliphatic heterocycles. The normalized spacial score (nSPS) is 13.5. The van der Waals surface area contributed by atoms with Gasteiger partial charge in [-0.1, -0.05) is 126 Å². The number of hydrogen-bond acceptors (Lipinski definition) is 1. The first-order valence-corrected chi connectivity index (χ1v) is 10.5. The number of rotatable bonds is 16. The molecule has 0 radical (unpaired) electrons. The lowest BCUT2D eigenvalue weighted by molar-refractivity contribution is 0.466. The summed E-state index contributed by atoms with van der Waals surface area (Å²) in [5.74, 6) is 0. The van der Waals surface area contributed by atoms with E-state index in [1.165, 1.54) is 64.0 Å². The highest BCUT2D eigenvalue weighted by Crippen LogP contribution is 2.09. The van der Waals surface area contributed by atoms with Crippen LogP contribution in [0.5, 0.6) is 0 Å². The van der Waals surface area contributed by atoms with Crippen molar-refractivity contribution in [2.24, 2.45) is 0 Å². The summed E-state index contributed by atoms with van der Waals surface area (Å²) >= 11 is 0. The molecule has 146 valence electrons. The molecule has 0 spiro atoms. The van der Waals surface area contributed by atoms with Crippen LogP contribution in [0, 0.1) is 0 Å². The molecule has 0 aromatic carbocycles. The average Bonchev–Trinajstić information content (AvgIpc) is 2.66. The molecule has 0 bridgehead atoms. The number of hydrogen-bond donors (Lipinski definition) is 1. The van der Waals surface area contributed by atoms with E-state index in [4.69, 9.17) is 5.11 Å². The summed E-state index contributed by atoms with van der Waals surface area (Å²) in [6.07, 6.45) is 35.8. The molecule has 1 nitrogen and oxygen atoms in total. The maximum absolute atomic E-state index is 9.03. The van der Waals surface area contributed by atoms with Crippen LogP contribution in [0.4, 0.5) is 0 Å². The molecule has 26 heavy (non-hydrogen) atoms. The molecule has 0 heterocycles. The van der Waals surface area contributed by atoms with Crippen molar-refractivity contribution in [2.75, 3.05) is 0 Å². The van der Waals surface area contributed by atoms with Gasteiger partial charge in [0, 0.05) is 0 Å². The maximum atomic E-state index is 9.03. The van der Waals surface area contributed by atoms with Crippen LogP contribution in [0.15, 0.2) is 72.6 Å². The van der Waals surface area contributed by atoms with E-state index in [1.807, 2.05) is 36.5 Å². The van der Waals surface area contributed by atoms with Gasteiger partial charge in [0.2, 0.25) is 0 Å². The number of aliphatic hydroxyl groups is 1. The predicted molar refractivity (Wildman–Crippen MR) is 119 cm³/mol. The van der Waals surface area contributed by atoms with Gasteiger partial charge in [-0.15, -0.1) is 0 Å². The second-order valence-corrected chi connectivity index (χ2v) is 6.66. The molecule has 0 aliphatic rings. The maximum Gasteiger partial charge on any atom is 0.0823 e. The molecule has 0 atom stereocenters. The van der Waals surface area contributed by atoms with Crippen molar-refractivity contribution < 1.29 is 5.11 Å². The van der Waals surface area contributed by atoms with Gasteiger partial charge in [-0.3, -0.25) is 0 Å². The third-order valence-corrected chi connectivity index (χ3v) is 4.15. The van der Waals surface area contributed by atoms with Crippen LogP contribution in [0.2, 0.25) is 0 Å². The van der Waals surface area contributed by atoms with Crippen LogP contribution in [0.1, 0.15) is 84.5 Å². The molecule has 1 N–H and O–H groups in total. The van der Waals surface area contributed by atoms with Crippen LogP contribution in [-0.2, 0) is 0 Å². The Morgan fingerprint density at radius 2 is 1.15 bits per heavy atom. The van der Waals surface area contributed by atoms with Crippen molar-refractivity contribution in [1.29, 1.82) is 0 Å². The van der Waals surface area contributed by atoms with Gasteiger partial charge in [0.1, 0.15) is 0 Å². The van der Waals surface area contributed by atoms with Gasteiger partial charge in [0.25, 0.3) is 0 Å². The lowest BCUT2D eigenvalue weighted by atomic mass is 10.1. The van der Waals surface area contributed by atoms with Crippen LogP contribution >= 0.6 is 0 Å². The Balaban J connectivity index is 3.64. The average molecular weight is 357 g/mol. The monoisotopic (exact) mass is 356 g/mol. The van der Waals surface area contributed by atoms with Crippen molar-refractivity contribution in [2.45, 2.75) is 84.5 Å². The first-order chi connectivity index (χ1) is 12.8. The van der Waals surface area contributed by atoms with Crippen LogP contribution < -0.4 is 0 Å². The lowest BCUT2D eigenvalue weighted by Crippen LogP contribution is -1.79. The third-order valence-electron chi connectivity index (χ3n) is 4.15. The Bertz CT molecular complexity index is 461. The molecular weight excluding hydrogens is 316 g/mol. The Morgan fingerprint density at radius 3 is 1.73 bits per heavy atom. The minimum atomic E-state index is 0.907. The van der Waals surface area contributed by atoms with Gasteiger partial charge in [0.15, 0.2) is 0 Å². The number of unbranched alkanes of at least 4 members (excludes halogenated alkanes) is 8. The van der Waals surface area contributed by atoms with E-state index >= 15 is 0 Å². The largest absolute Gasteiger partial charge is 0.515 e. The molecule has 0 saturated carbocycles. The topological polar surface area (TPSA) is 20.2 Å². The summed E-state index contributed by atoms with van der Waals surface area (Å²) in [5.41, 5.74) is 0.961. The summed E-state index contributed by atoms with van der Waals surface area (Å²) in [5, 5.41) is 9.03. The smallest absolute Gasteiger partial charge is 0.0823 e. The lowest BCUT2D eigenvalue weighted by Gasteiger charge is -1.99. The zero-order chi connectivity index (χ0) is 19.1. The highest BCUT2D eigenvalue weighted by molar-refractivity contribution is 5.23. The van der Waals surface area contributed by atoms with Crippen molar-refractivity contribution >= 4 is 0 Å². The second-order valence-electron chi connectivity index (χ2n) is 6.66. The molecule has 1 heteroatoms. The molecule has 0 amide bonds. The Hall–Kier alpha value is -1.76. The molecule has 0 unspecified atom stereocenters. The van der Waals surface area contributed by atoms with E-state index in [9.17, 15) is 0 Å². The summed E-state index contributed by atoms with van der Waals surface area (Å²) in [6, 6.07) is 0. The Morgan fingerprint density at radius 1 is 0.615 bits per heavy atom. The van der Waals surface area contributed by atoms with Crippen molar-refractivity contribution in [3.05, 3.63) is 72.6 Å². The first-order valence-electron chi connectivity index (χ1n) is 10.5. The van der Waals surface area contributed by atoms with Crippen molar-refractivity contribution in [1.82, 2.24) is 0 Å². The molecule has 0 saturated heterocycles. The van der Waals surface area contributed by atoms with E-state index in [0.717, 1.165) is 18.4 Å².